The standard InChI is InChI=1S/C14H17F2N3O3/c15-14(16)4-6-19(9-14)13(22)18-8-10(12(20)21)7-11-3-1-2-5-17-11/h1-3,5,10H,4,6-9H2,(H,18,22)(H,20,21). The lowest BCUT2D eigenvalue weighted by molar-refractivity contribution is -0.141. The molecule has 1 fully saturated rings. The van der Waals surface area contributed by atoms with E-state index in [0.717, 1.165) is 4.90 Å². The number of carboxylic acids is 1. The van der Waals surface area contributed by atoms with Crippen LogP contribution in [0.4, 0.5) is 13.6 Å². The number of pyridine rings is 1. The summed E-state index contributed by atoms with van der Waals surface area (Å²) in [6, 6.07) is 4.49. The van der Waals surface area contributed by atoms with Crippen LogP contribution in [-0.2, 0) is 11.2 Å². The maximum atomic E-state index is 13.0. The number of nitrogens with zero attached hydrogens (tertiary/aromatic N) is 2. The smallest absolute Gasteiger partial charge is 0.317 e. The zero-order chi connectivity index (χ0) is 16.2. The number of carbonyl (C=O) groups excluding carboxylic acids is 1. The molecule has 0 spiro atoms. The van der Waals surface area contributed by atoms with Crippen LogP contribution >= 0.6 is 0 Å². The highest BCUT2D eigenvalue weighted by atomic mass is 19.3. The molecular weight excluding hydrogens is 296 g/mol. The number of carboxylic acid groups (broad SMARTS) is 1. The van der Waals surface area contributed by atoms with E-state index >= 15 is 0 Å². The maximum Gasteiger partial charge on any atom is 0.317 e. The quantitative estimate of drug-likeness (QED) is 0.860. The number of halogens is 2. The van der Waals surface area contributed by atoms with E-state index in [1.807, 2.05) is 0 Å². The highest BCUT2D eigenvalue weighted by Crippen LogP contribution is 2.26. The van der Waals surface area contributed by atoms with Crippen LogP contribution in [0.5, 0.6) is 0 Å². The van der Waals surface area contributed by atoms with Crippen LogP contribution in [0.2, 0.25) is 0 Å². The molecule has 0 aromatic carbocycles. The Bertz CT molecular complexity index is 539. The van der Waals surface area contributed by atoms with Crippen LogP contribution in [0.1, 0.15) is 12.1 Å². The SMILES string of the molecule is O=C(O)C(CNC(=O)N1CCC(F)(F)C1)Cc1ccccn1. The molecular formula is C14H17F2N3O3. The monoisotopic (exact) mass is 313 g/mol. The van der Waals surface area contributed by atoms with Crippen molar-refractivity contribution in [3.05, 3.63) is 30.1 Å². The van der Waals surface area contributed by atoms with Crippen molar-refractivity contribution in [1.82, 2.24) is 15.2 Å². The Hall–Kier alpha value is -2.25. The first-order valence-corrected chi connectivity index (χ1v) is 6.91. The summed E-state index contributed by atoms with van der Waals surface area (Å²) >= 11 is 0. The summed E-state index contributed by atoms with van der Waals surface area (Å²) in [4.78, 5) is 28.1. The van der Waals surface area contributed by atoms with Crippen molar-refractivity contribution in [3.8, 4) is 0 Å². The fourth-order valence-corrected chi connectivity index (χ4v) is 2.25. The van der Waals surface area contributed by atoms with Crippen molar-refractivity contribution in [3.63, 3.8) is 0 Å². The Morgan fingerprint density at radius 1 is 1.45 bits per heavy atom. The van der Waals surface area contributed by atoms with E-state index in [0.29, 0.717) is 5.69 Å². The molecule has 1 atom stereocenters. The van der Waals surface area contributed by atoms with Crippen molar-refractivity contribution in [2.24, 2.45) is 5.92 Å². The van der Waals surface area contributed by atoms with Gasteiger partial charge in [0.25, 0.3) is 5.92 Å². The fraction of sp³-hybridized carbons (Fsp3) is 0.500. The first-order chi connectivity index (χ1) is 10.4. The number of aromatic nitrogens is 1. The van der Waals surface area contributed by atoms with Crippen molar-refractivity contribution >= 4 is 12.0 Å². The first-order valence-electron chi connectivity index (χ1n) is 6.91. The minimum absolute atomic E-state index is 0.0309. The van der Waals surface area contributed by atoms with Crippen LogP contribution < -0.4 is 5.32 Å². The van der Waals surface area contributed by atoms with E-state index in [2.05, 4.69) is 10.3 Å². The lowest BCUT2D eigenvalue weighted by Crippen LogP contribution is -2.43. The largest absolute Gasteiger partial charge is 0.481 e. The number of aliphatic carboxylic acids is 1. The third-order valence-electron chi connectivity index (χ3n) is 3.49. The Morgan fingerprint density at radius 3 is 2.77 bits per heavy atom. The molecule has 1 saturated heterocycles. The first kappa shape index (κ1) is 16.1. The van der Waals surface area contributed by atoms with E-state index in [1.165, 1.54) is 0 Å². The summed E-state index contributed by atoms with van der Waals surface area (Å²) in [5.41, 5.74) is 0.594. The lowest BCUT2D eigenvalue weighted by Gasteiger charge is -2.19. The van der Waals surface area contributed by atoms with Gasteiger partial charge in [-0.15, -0.1) is 0 Å². The molecule has 1 aliphatic heterocycles. The van der Waals surface area contributed by atoms with Crippen LogP contribution in [0.3, 0.4) is 0 Å². The van der Waals surface area contributed by atoms with Gasteiger partial charge < -0.3 is 15.3 Å². The zero-order valence-electron chi connectivity index (χ0n) is 11.8. The van der Waals surface area contributed by atoms with Crippen LogP contribution in [0.15, 0.2) is 24.4 Å². The van der Waals surface area contributed by atoms with Crippen molar-refractivity contribution in [2.45, 2.75) is 18.8 Å². The van der Waals surface area contributed by atoms with Crippen LogP contribution in [-0.4, -0.2) is 52.5 Å². The minimum atomic E-state index is -2.86. The van der Waals surface area contributed by atoms with Crippen molar-refractivity contribution in [2.75, 3.05) is 19.6 Å². The number of amides is 2. The van der Waals surface area contributed by atoms with Gasteiger partial charge in [0.1, 0.15) is 0 Å². The number of hydrogen-bond donors (Lipinski definition) is 2. The molecule has 120 valence electrons. The second-order valence-corrected chi connectivity index (χ2v) is 5.27. The molecule has 1 aromatic rings. The van der Waals surface area contributed by atoms with Gasteiger partial charge >= 0.3 is 12.0 Å². The molecule has 2 amide bonds. The Labute approximate surface area is 126 Å². The summed E-state index contributed by atoms with van der Waals surface area (Å²) in [7, 11) is 0. The van der Waals surface area contributed by atoms with Crippen molar-refractivity contribution < 1.29 is 23.5 Å². The highest BCUT2D eigenvalue weighted by molar-refractivity contribution is 5.76. The number of nitrogens with one attached hydrogen (secondary N) is 1. The average Bonchev–Trinajstić information content (AvgIpc) is 2.84. The average molecular weight is 313 g/mol. The van der Waals surface area contributed by atoms with Crippen LogP contribution in [0.25, 0.3) is 0 Å². The van der Waals surface area contributed by atoms with Gasteiger partial charge in [0.15, 0.2) is 0 Å². The summed E-state index contributed by atoms with van der Waals surface area (Å²) in [6.07, 6.45) is 1.35. The molecule has 1 aromatic heterocycles. The molecule has 0 aliphatic carbocycles. The van der Waals surface area contributed by atoms with Gasteiger partial charge in [0.2, 0.25) is 0 Å². The van der Waals surface area contributed by atoms with Gasteiger partial charge in [-0.05, 0) is 12.1 Å². The predicted octanol–water partition coefficient (Wildman–Crippen LogP) is 1.38. The van der Waals surface area contributed by atoms with Crippen molar-refractivity contribution in [1.29, 1.82) is 0 Å². The second kappa shape index (κ2) is 6.67. The topological polar surface area (TPSA) is 82.5 Å². The zero-order valence-corrected chi connectivity index (χ0v) is 11.8. The number of carbonyl (C=O) groups is 2. The molecule has 1 unspecified atom stereocenters. The number of alkyl halides is 2. The summed E-state index contributed by atoms with van der Waals surface area (Å²) in [5.74, 6) is -4.79. The molecule has 0 radical (unpaired) electrons. The van der Waals surface area contributed by atoms with Gasteiger partial charge in [0.05, 0.1) is 12.5 Å². The van der Waals surface area contributed by atoms with E-state index in [9.17, 15) is 23.5 Å². The Kier molecular flexibility index (Phi) is 4.89. The molecule has 8 heteroatoms. The van der Waals surface area contributed by atoms with Gasteiger partial charge in [-0.1, -0.05) is 6.07 Å². The number of urea groups is 1. The van der Waals surface area contributed by atoms with E-state index in [1.54, 1.807) is 24.4 Å². The number of likely N-dealkylation sites (tertiary alicyclic amines) is 1. The predicted molar refractivity (Wildman–Crippen MR) is 73.6 cm³/mol. The van der Waals surface area contributed by atoms with E-state index < -0.39 is 30.4 Å². The fourth-order valence-electron chi connectivity index (χ4n) is 2.25. The number of rotatable bonds is 5. The second-order valence-electron chi connectivity index (χ2n) is 5.27. The third-order valence-corrected chi connectivity index (χ3v) is 3.49. The lowest BCUT2D eigenvalue weighted by atomic mass is 10.0. The van der Waals surface area contributed by atoms with E-state index in [-0.39, 0.29) is 25.9 Å². The van der Waals surface area contributed by atoms with Crippen LogP contribution in [0, 0.1) is 5.92 Å². The minimum Gasteiger partial charge on any atom is -0.481 e. The maximum absolute atomic E-state index is 13.0. The van der Waals surface area contributed by atoms with Gasteiger partial charge in [-0.2, -0.15) is 0 Å². The molecule has 2 heterocycles. The molecule has 6 nitrogen and oxygen atoms in total. The Morgan fingerprint density at radius 2 is 2.23 bits per heavy atom. The number of hydrogen-bond acceptors (Lipinski definition) is 3. The highest BCUT2D eigenvalue weighted by Gasteiger charge is 2.40. The summed E-state index contributed by atoms with van der Waals surface area (Å²) < 4.78 is 26.1. The van der Waals surface area contributed by atoms with E-state index in [4.69, 9.17) is 0 Å². The Balaban J connectivity index is 1.87. The molecule has 0 bridgehead atoms. The molecule has 1 aliphatic rings. The molecule has 2 N–H and O–H groups in total. The normalized spacial score (nSPS) is 18.0. The molecule has 22 heavy (non-hydrogen) atoms. The van der Waals surface area contributed by atoms with Gasteiger partial charge in [0, 0.05) is 37.8 Å². The third kappa shape index (κ3) is 4.37. The van der Waals surface area contributed by atoms with Gasteiger partial charge in [-0.3, -0.25) is 9.78 Å². The molecule has 0 saturated carbocycles. The molecule has 2 rings (SSSR count). The van der Waals surface area contributed by atoms with Gasteiger partial charge in [-0.25, -0.2) is 13.6 Å². The summed E-state index contributed by atoms with van der Waals surface area (Å²) in [5, 5.41) is 11.6. The summed E-state index contributed by atoms with van der Waals surface area (Å²) in [6.45, 7) is -0.791.